The maximum absolute atomic E-state index is 12.0. The van der Waals surface area contributed by atoms with Crippen molar-refractivity contribution < 1.29 is 9.59 Å². The lowest BCUT2D eigenvalue weighted by molar-refractivity contribution is -0.119. The first kappa shape index (κ1) is 17.0. The largest absolute Gasteiger partial charge is 0.350 e. The first-order chi connectivity index (χ1) is 11.1. The fourth-order valence-corrected chi connectivity index (χ4v) is 2.36. The summed E-state index contributed by atoms with van der Waals surface area (Å²) in [7, 11) is 0. The average molecular weight is 333 g/mol. The number of carbonyl (C=O) groups excluding carboxylic acids is 2. The molecule has 1 fully saturated rings. The zero-order valence-corrected chi connectivity index (χ0v) is 13.7. The van der Waals surface area contributed by atoms with E-state index in [9.17, 15) is 9.59 Å². The molecule has 0 radical (unpaired) electrons. The van der Waals surface area contributed by atoms with Crippen LogP contribution in [0.25, 0.3) is 0 Å². The quantitative estimate of drug-likeness (QED) is 0.395. The summed E-state index contributed by atoms with van der Waals surface area (Å²) in [4.78, 5) is 27.6. The molecule has 3 N–H and O–H groups in total. The summed E-state index contributed by atoms with van der Waals surface area (Å²) >= 11 is 4.92. The minimum Gasteiger partial charge on any atom is -0.350 e. The van der Waals surface area contributed by atoms with Gasteiger partial charge in [-0.2, -0.15) is 5.10 Å². The molecular weight excluding hydrogens is 314 g/mol. The number of pyridine rings is 1. The lowest BCUT2D eigenvalue weighted by Gasteiger charge is -2.11. The van der Waals surface area contributed by atoms with Gasteiger partial charge < -0.3 is 10.6 Å². The van der Waals surface area contributed by atoms with E-state index in [-0.39, 0.29) is 11.8 Å². The van der Waals surface area contributed by atoms with E-state index < -0.39 is 6.04 Å². The van der Waals surface area contributed by atoms with Crippen LogP contribution in [0.3, 0.4) is 0 Å². The van der Waals surface area contributed by atoms with Crippen molar-refractivity contribution in [3.8, 4) is 0 Å². The molecule has 0 aromatic carbocycles. The molecule has 1 aliphatic rings. The molecule has 0 bridgehead atoms. The van der Waals surface area contributed by atoms with Gasteiger partial charge in [-0.3, -0.25) is 14.6 Å². The molecule has 1 saturated heterocycles. The first-order valence-electron chi connectivity index (χ1n) is 7.47. The topological polar surface area (TPSA) is 95.5 Å². The molecule has 2 rings (SSSR count). The summed E-state index contributed by atoms with van der Waals surface area (Å²) in [5.41, 5.74) is 3.78. The summed E-state index contributed by atoms with van der Waals surface area (Å²) in [5, 5.41) is 9.97. The maximum atomic E-state index is 12.0. The lowest BCUT2D eigenvalue weighted by atomic mass is 10.1. The van der Waals surface area contributed by atoms with E-state index in [2.05, 4.69) is 33.1 Å². The zero-order valence-electron chi connectivity index (χ0n) is 12.8. The van der Waals surface area contributed by atoms with Crippen molar-refractivity contribution in [2.75, 3.05) is 0 Å². The summed E-state index contributed by atoms with van der Waals surface area (Å²) < 4.78 is 0. The third kappa shape index (κ3) is 5.10. The van der Waals surface area contributed by atoms with E-state index in [0.29, 0.717) is 23.5 Å². The second-order valence-electron chi connectivity index (χ2n) is 5.18. The van der Waals surface area contributed by atoms with Crippen LogP contribution in [0.1, 0.15) is 43.0 Å². The molecular formula is C15H19N5O2S. The molecule has 0 spiro atoms. The number of carbonyl (C=O) groups is 2. The van der Waals surface area contributed by atoms with Crippen LogP contribution in [-0.4, -0.2) is 33.7 Å². The van der Waals surface area contributed by atoms with Crippen molar-refractivity contribution >= 4 is 34.9 Å². The minimum atomic E-state index is -0.434. The van der Waals surface area contributed by atoms with Crippen LogP contribution in [0, 0.1) is 0 Å². The van der Waals surface area contributed by atoms with Gasteiger partial charge in [0.2, 0.25) is 5.91 Å². The lowest BCUT2D eigenvalue weighted by Crippen LogP contribution is -2.32. The number of hydrogen-bond acceptors (Lipinski definition) is 5. The molecule has 0 saturated carbocycles. The van der Waals surface area contributed by atoms with Crippen LogP contribution in [0.2, 0.25) is 0 Å². The molecule has 0 aliphatic carbocycles. The summed E-state index contributed by atoms with van der Waals surface area (Å²) in [6, 6.07) is 2.79. The molecule has 8 heteroatoms. The Hall–Kier alpha value is -2.35. The van der Waals surface area contributed by atoms with E-state index in [4.69, 9.17) is 12.2 Å². The number of rotatable bonds is 7. The Labute approximate surface area is 139 Å². The highest BCUT2D eigenvalue weighted by Crippen LogP contribution is 2.07. The van der Waals surface area contributed by atoms with E-state index in [1.807, 2.05) is 0 Å². The Morgan fingerprint density at radius 3 is 2.78 bits per heavy atom. The highest BCUT2D eigenvalue weighted by molar-refractivity contribution is 7.80. The highest BCUT2D eigenvalue weighted by Gasteiger charge is 2.28. The number of amides is 2. The Balaban J connectivity index is 2.00. The minimum absolute atomic E-state index is 0.167. The van der Waals surface area contributed by atoms with Gasteiger partial charge in [-0.15, -0.1) is 0 Å². The summed E-state index contributed by atoms with van der Waals surface area (Å²) in [5.74, 6) is -0.472. The monoisotopic (exact) mass is 333 g/mol. The van der Waals surface area contributed by atoms with Crippen molar-refractivity contribution in [2.24, 2.45) is 5.10 Å². The number of hydrogen-bond donors (Lipinski definition) is 3. The Morgan fingerprint density at radius 2 is 2.17 bits per heavy atom. The van der Waals surface area contributed by atoms with E-state index in [0.717, 1.165) is 18.6 Å². The standard InChI is InChI=1S/C15H19N5O2S/c1-2-3-4-11(9-12-14(22)18-15(23)17-12)19-20-13(21)10-5-7-16-8-6-10/h5-8,12H,2-4,9H2,1H3,(H,20,21)(H2,17,18,22,23)/b19-11-. The number of unbranched alkanes of at least 4 members (excludes halogenated alkanes) is 1. The van der Waals surface area contributed by atoms with Crippen molar-refractivity contribution in [3.05, 3.63) is 30.1 Å². The van der Waals surface area contributed by atoms with Crippen LogP contribution >= 0.6 is 12.2 Å². The molecule has 2 heterocycles. The number of aromatic nitrogens is 1. The maximum Gasteiger partial charge on any atom is 0.271 e. The first-order valence-corrected chi connectivity index (χ1v) is 7.88. The van der Waals surface area contributed by atoms with Crippen molar-refractivity contribution in [1.29, 1.82) is 0 Å². The number of thiocarbonyl (C=S) groups is 1. The molecule has 23 heavy (non-hydrogen) atoms. The number of nitrogens with one attached hydrogen (secondary N) is 3. The van der Waals surface area contributed by atoms with Gasteiger partial charge >= 0.3 is 0 Å². The van der Waals surface area contributed by atoms with Gasteiger partial charge in [-0.1, -0.05) is 13.3 Å². The molecule has 1 aliphatic heterocycles. The van der Waals surface area contributed by atoms with E-state index in [1.165, 1.54) is 0 Å². The molecule has 2 amide bonds. The van der Waals surface area contributed by atoms with Crippen LogP contribution in [-0.2, 0) is 4.79 Å². The van der Waals surface area contributed by atoms with Crippen LogP contribution in [0.15, 0.2) is 29.6 Å². The summed E-state index contributed by atoms with van der Waals surface area (Å²) in [6.07, 6.45) is 6.14. The predicted molar refractivity (Wildman–Crippen MR) is 90.9 cm³/mol. The van der Waals surface area contributed by atoms with Crippen LogP contribution < -0.4 is 16.1 Å². The predicted octanol–water partition coefficient (Wildman–Crippen LogP) is 1.12. The normalized spacial score (nSPS) is 17.6. The SMILES string of the molecule is CCCC/C(CC1NC(=S)NC1=O)=N/NC(=O)c1ccncc1. The Morgan fingerprint density at radius 1 is 1.43 bits per heavy atom. The third-order valence-corrected chi connectivity index (χ3v) is 3.60. The highest BCUT2D eigenvalue weighted by atomic mass is 32.1. The van der Waals surface area contributed by atoms with Gasteiger partial charge in [0, 0.05) is 30.1 Å². The van der Waals surface area contributed by atoms with Gasteiger partial charge in [0.1, 0.15) is 6.04 Å². The molecule has 7 nitrogen and oxygen atoms in total. The van der Waals surface area contributed by atoms with Gasteiger partial charge in [0.15, 0.2) is 5.11 Å². The molecule has 1 aromatic rings. The Bertz CT molecular complexity index is 618. The average Bonchev–Trinajstić information content (AvgIpc) is 2.87. The second-order valence-corrected chi connectivity index (χ2v) is 5.59. The number of nitrogens with zero attached hydrogens (tertiary/aromatic N) is 2. The molecule has 1 atom stereocenters. The van der Waals surface area contributed by atoms with Gasteiger partial charge in [0.25, 0.3) is 5.91 Å². The van der Waals surface area contributed by atoms with E-state index in [1.54, 1.807) is 24.5 Å². The van der Waals surface area contributed by atoms with Gasteiger partial charge in [0.05, 0.1) is 0 Å². The summed E-state index contributed by atoms with van der Waals surface area (Å²) in [6.45, 7) is 2.07. The van der Waals surface area contributed by atoms with Crippen LogP contribution in [0.4, 0.5) is 0 Å². The molecule has 1 unspecified atom stereocenters. The van der Waals surface area contributed by atoms with E-state index >= 15 is 0 Å². The number of hydrazone groups is 1. The zero-order chi connectivity index (χ0) is 16.7. The Kier molecular flexibility index (Phi) is 6.16. The molecule has 122 valence electrons. The van der Waals surface area contributed by atoms with Crippen molar-refractivity contribution in [1.82, 2.24) is 21.0 Å². The molecule has 1 aromatic heterocycles. The third-order valence-electron chi connectivity index (χ3n) is 3.38. The fourth-order valence-electron chi connectivity index (χ4n) is 2.12. The smallest absolute Gasteiger partial charge is 0.271 e. The second kappa shape index (κ2) is 8.33. The fraction of sp³-hybridized carbons (Fsp3) is 0.400. The van der Waals surface area contributed by atoms with Gasteiger partial charge in [-0.25, -0.2) is 5.43 Å². The van der Waals surface area contributed by atoms with Crippen LogP contribution in [0.5, 0.6) is 0 Å². The van der Waals surface area contributed by atoms with Crippen molar-refractivity contribution in [3.63, 3.8) is 0 Å². The van der Waals surface area contributed by atoms with Gasteiger partial charge in [-0.05, 0) is 37.2 Å². The van der Waals surface area contributed by atoms with Crippen molar-refractivity contribution in [2.45, 2.75) is 38.6 Å².